The molecule has 1 saturated heterocycles. The van der Waals surface area contributed by atoms with Gasteiger partial charge in [0.25, 0.3) is 0 Å². The third-order valence-corrected chi connectivity index (χ3v) is 4.67. The summed E-state index contributed by atoms with van der Waals surface area (Å²) in [5.74, 6) is 0.0505. The Morgan fingerprint density at radius 3 is 2.52 bits per heavy atom. The standard InChI is InChI=1S/C19H20N4O2/c24-18-13-14-12-16(6-7-17(14)21-18)22-8-10-23(11-9-22)19(25)20-15-4-2-1-3-5-15/h1-7,12H,8-11,13H2,(H,20,25)(H,21,24). The van der Waals surface area contributed by atoms with Crippen molar-refractivity contribution >= 4 is 29.0 Å². The van der Waals surface area contributed by atoms with Gasteiger partial charge in [-0.1, -0.05) is 18.2 Å². The predicted molar refractivity (Wildman–Crippen MR) is 98.0 cm³/mol. The molecule has 2 aliphatic heterocycles. The topological polar surface area (TPSA) is 64.7 Å². The van der Waals surface area contributed by atoms with Gasteiger partial charge in [-0.25, -0.2) is 4.79 Å². The second-order valence-corrected chi connectivity index (χ2v) is 6.34. The van der Waals surface area contributed by atoms with E-state index in [4.69, 9.17) is 0 Å². The van der Waals surface area contributed by atoms with Crippen molar-refractivity contribution in [1.82, 2.24) is 4.90 Å². The number of hydrogen-bond acceptors (Lipinski definition) is 3. The molecule has 6 nitrogen and oxygen atoms in total. The summed E-state index contributed by atoms with van der Waals surface area (Å²) in [6.45, 7) is 2.91. The second kappa shape index (κ2) is 6.47. The fourth-order valence-corrected chi connectivity index (χ4v) is 3.30. The van der Waals surface area contributed by atoms with Gasteiger partial charge in [0.15, 0.2) is 0 Å². The monoisotopic (exact) mass is 336 g/mol. The van der Waals surface area contributed by atoms with Crippen LogP contribution in [0.3, 0.4) is 0 Å². The number of hydrogen-bond donors (Lipinski definition) is 2. The van der Waals surface area contributed by atoms with Crippen molar-refractivity contribution in [2.45, 2.75) is 6.42 Å². The fourth-order valence-electron chi connectivity index (χ4n) is 3.30. The number of piperazine rings is 1. The van der Waals surface area contributed by atoms with Gasteiger partial charge >= 0.3 is 6.03 Å². The first kappa shape index (κ1) is 15.5. The smallest absolute Gasteiger partial charge is 0.321 e. The number of amides is 3. The van der Waals surface area contributed by atoms with Gasteiger partial charge < -0.3 is 20.4 Å². The number of urea groups is 1. The SMILES string of the molecule is O=C1Cc2cc(N3CCN(C(=O)Nc4ccccc4)CC3)ccc2N1. The van der Waals surface area contributed by atoms with Crippen molar-refractivity contribution in [3.05, 3.63) is 54.1 Å². The van der Waals surface area contributed by atoms with Crippen molar-refractivity contribution in [3.63, 3.8) is 0 Å². The van der Waals surface area contributed by atoms with E-state index in [1.165, 1.54) is 0 Å². The molecule has 4 rings (SSSR count). The average Bonchev–Trinajstić information content (AvgIpc) is 3.02. The molecule has 2 heterocycles. The van der Waals surface area contributed by atoms with E-state index < -0.39 is 0 Å². The van der Waals surface area contributed by atoms with Gasteiger partial charge in [0.2, 0.25) is 5.91 Å². The molecule has 2 aromatic carbocycles. The van der Waals surface area contributed by atoms with E-state index in [1.807, 2.05) is 47.4 Å². The summed E-state index contributed by atoms with van der Waals surface area (Å²) in [5.41, 5.74) is 3.88. The van der Waals surface area contributed by atoms with Crippen LogP contribution < -0.4 is 15.5 Å². The van der Waals surface area contributed by atoms with Crippen LogP contribution in [-0.4, -0.2) is 43.0 Å². The Kier molecular flexibility index (Phi) is 4.01. The van der Waals surface area contributed by atoms with Crippen LogP contribution in [0.2, 0.25) is 0 Å². The van der Waals surface area contributed by atoms with Crippen LogP contribution in [0.25, 0.3) is 0 Å². The van der Waals surface area contributed by atoms with Crippen molar-refractivity contribution in [1.29, 1.82) is 0 Å². The molecule has 2 aromatic rings. The minimum atomic E-state index is -0.0606. The lowest BCUT2D eigenvalue weighted by molar-refractivity contribution is -0.115. The van der Waals surface area contributed by atoms with E-state index in [1.54, 1.807) is 0 Å². The van der Waals surface area contributed by atoms with E-state index in [9.17, 15) is 9.59 Å². The summed E-state index contributed by atoms with van der Waals surface area (Å²) in [6.07, 6.45) is 0.447. The zero-order chi connectivity index (χ0) is 17.2. The zero-order valence-electron chi connectivity index (χ0n) is 13.9. The highest BCUT2D eigenvalue weighted by Gasteiger charge is 2.23. The number of carbonyl (C=O) groups is 2. The Balaban J connectivity index is 1.36. The molecule has 6 heteroatoms. The molecule has 0 bridgehead atoms. The number of nitrogens with one attached hydrogen (secondary N) is 2. The number of benzene rings is 2. The minimum Gasteiger partial charge on any atom is -0.368 e. The Bertz CT molecular complexity index is 798. The summed E-state index contributed by atoms with van der Waals surface area (Å²) in [4.78, 5) is 27.9. The molecule has 0 spiro atoms. The second-order valence-electron chi connectivity index (χ2n) is 6.34. The average molecular weight is 336 g/mol. The molecule has 1 fully saturated rings. The molecule has 3 amide bonds. The van der Waals surface area contributed by atoms with Crippen LogP contribution in [0.5, 0.6) is 0 Å². The van der Waals surface area contributed by atoms with Crippen molar-refractivity contribution in [2.24, 2.45) is 0 Å². The molecule has 0 aromatic heterocycles. The molecule has 0 radical (unpaired) electrons. The molecular weight excluding hydrogens is 316 g/mol. The van der Waals surface area contributed by atoms with Crippen molar-refractivity contribution in [3.8, 4) is 0 Å². The van der Waals surface area contributed by atoms with E-state index in [2.05, 4.69) is 21.6 Å². The Morgan fingerprint density at radius 2 is 1.76 bits per heavy atom. The quantitative estimate of drug-likeness (QED) is 0.886. The first-order chi connectivity index (χ1) is 12.2. The molecule has 0 saturated carbocycles. The lowest BCUT2D eigenvalue weighted by Gasteiger charge is -2.36. The van der Waals surface area contributed by atoms with Gasteiger partial charge in [-0.05, 0) is 35.9 Å². The van der Waals surface area contributed by atoms with Crippen molar-refractivity contribution in [2.75, 3.05) is 41.7 Å². The highest BCUT2D eigenvalue weighted by molar-refractivity contribution is 5.99. The van der Waals surface area contributed by atoms with Crippen LogP contribution in [0.15, 0.2) is 48.5 Å². The van der Waals surface area contributed by atoms with Gasteiger partial charge in [0.05, 0.1) is 6.42 Å². The van der Waals surface area contributed by atoms with Gasteiger partial charge in [-0.3, -0.25) is 4.79 Å². The molecule has 128 valence electrons. The van der Waals surface area contributed by atoms with E-state index in [0.717, 1.165) is 35.7 Å². The number of fused-ring (bicyclic) bond motifs is 1. The van der Waals surface area contributed by atoms with Gasteiger partial charge in [0.1, 0.15) is 0 Å². The number of anilines is 3. The number of rotatable bonds is 2. The molecule has 0 unspecified atom stereocenters. The summed E-state index contributed by atoms with van der Waals surface area (Å²) < 4.78 is 0. The van der Waals surface area contributed by atoms with Gasteiger partial charge in [-0.15, -0.1) is 0 Å². The van der Waals surface area contributed by atoms with Crippen LogP contribution >= 0.6 is 0 Å². The molecule has 0 aliphatic carbocycles. The zero-order valence-corrected chi connectivity index (χ0v) is 13.9. The van der Waals surface area contributed by atoms with Crippen LogP contribution in [-0.2, 0) is 11.2 Å². The Hall–Kier alpha value is -3.02. The first-order valence-corrected chi connectivity index (χ1v) is 8.48. The highest BCUT2D eigenvalue weighted by atomic mass is 16.2. The highest BCUT2D eigenvalue weighted by Crippen LogP contribution is 2.28. The van der Waals surface area contributed by atoms with Crippen LogP contribution in [0.1, 0.15) is 5.56 Å². The maximum absolute atomic E-state index is 12.4. The fraction of sp³-hybridized carbons (Fsp3) is 0.263. The third-order valence-electron chi connectivity index (χ3n) is 4.67. The van der Waals surface area contributed by atoms with Gasteiger partial charge in [-0.2, -0.15) is 0 Å². The number of carbonyl (C=O) groups excluding carboxylic acids is 2. The third kappa shape index (κ3) is 3.28. The van der Waals surface area contributed by atoms with Crippen molar-refractivity contribution < 1.29 is 9.59 Å². The minimum absolute atomic E-state index is 0.0505. The normalized spacial score (nSPS) is 16.4. The summed E-state index contributed by atoms with van der Waals surface area (Å²) in [7, 11) is 0. The number of nitrogens with zero attached hydrogens (tertiary/aromatic N) is 2. The largest absolute Gasteiger partial charge is 0.368 e. The molecule has 0 atom stereocenters. The summed E-state index contributed by atoms with van der Waals surface area (Å²) >= 11 is 0. The van der Waals surface area contributed by atoms with Crippen LogP contribution in [0, 0.1) is 0 Å². The van der Waals surface area contributed by atoms with E-state index in [-0.39, 0.29) is 11.9 Å². The number of para-hydroxylation sites is 1. The maximum atomic E-state index is 12.4. The van der Waals surface area contributed by atoms with E-state index in [0.29, 0.717) is 19.5 Å². The van der Waals surface area contributed by atoms with Gasteiger partial charge in [0, 0.05) is 43.2 Å². The van der Waals surface area contributed by atoms with Crippen LogP contribution in [0.4, 0.5) is 21.9 Å². The molecule has 25 heavy (non-hydrogen) atoms. The Labute approximate surface area is 146 Å². The Morgan fingerprint density at radius 1 is 1.00 bits per heavy atom. The molecular formula is C19H20N4O2. The molecule has 2 aliphatic rings. The molecule has 2 N–H and O–H groups in total. The lowest BCUT2D eigenvalue weighted by Crippen LogP contribution is -2.50. The maximum Gasteiger partial charge on any atom is 0.321 e. The summed E-state index contributed by atoms with van der Waals surface area (Å²) in [5, 5.41) is 5.78. The predicted octanol–water partition coefficient (Wildman–Crippen LogP) is 2.54. The first-order valence-electron chi connectivity index (χ1n) is 8.48. The van der Waals surface area contributed by atoms with E-state index >= 15 is 0 Å². The lowest BCUT2D eigenvalue weighted by atomic mass is 10.1. The summed E-state index contributed by atoms with van der Waals surface area (Å²) in [6, 6.07) is 15.5.